The van der Waals surface area contributed by atoms with Gasteiger partial charge >= 0.3 is 6.01 Å². The van der Waals surface area contributed by atoms with Crippen LogP contribution in [0.4, 0.5) is 6.01 Å². The van der Waals surface area contributed by atoms with Crippen molar-refractivity contribution >= 4 is 6.01 Å². The molecule has 1 unspecified atom stereocenters. The molecule has 2 heterocycles. The van der Waals surface area contributed by atoms with Crippen LogP contribution in [0.5, 0.6) is 0 Å². The van der Waals surface area contributed by atoms with E-state index in [9.17, 15) is 0 Å². The summed E-state index contributed by atoms with van der Waals surface area (Å²) in [6, 6.07) is 1.05. The van der Waals surface area contributed by atoms with Crippen molar-refractivity contribution in [3.8, 4) is 0 Å². The average Bonchev–Trinajstić information content (AvgIpc) is 2.94. The van der Waals surface area contributed by atoms with Crippen LogP contribution in [-0.4, -0.2) is 43.0 Å². The van der Waals surface area contributed by atoms with E-state index in [0.717, 1.165) is 26.1 Å². The van der Waals surface area contributed by atoms with E-state index in [2.05, 4.69) is 34.3 Å². The van der Waals surface area contributed by atoms with E-state index < -0.39 is 0 Å². The second-order valence-corrected chi connectivity index (χ2v) is 5.07. The minimum Gasteiger partial charge on any atom is -0.407 e. The first-order valence-corrected chi connectivity index (χ1v) is 6.48. The zero-order valence-corrected chi connectivity index (χ0v) is 11.3. The highest BCUT2D eigenvalue weighted by Gasteiger charge is 2.26. The molecule has 1 aliphatic heterocycles. The summed E-state index contributed by atoms with van der Waals surface area (Å²) in [4.78, 5) is 2.13. The minimum atomic E-state index is 0.415. The Morgan fingerprint density at radius 1 is 1.50 bits per heavy atom. The van der Waals surface area contributed by atoms with Crippen molar-refractivity contribution in [3.05, 3.63) is 5.89 Å². The largest absolute Gasteiger partial charge is 0.407 e. The Balaban J connectivity index is 1.86. The molecule has 0 spiro atoms. The molecule has 6 nitrogen and oxygen atoms in total. The third kappa shape index (κ3) is 3.43. The lowest BCUT2D eigenvalue weighted by Crippen LogP contribution is -2.22. The van der Waals surface area contributed by atoms with E-state index in [1.165, 1.54) is 0 Å². The van der Waals surface area contributed by atoms with Crippen LogP contribution in [0.25, 0.3) is 0 Å². The van der Waals surface area contributed by atoms with Gasteiger partial charge in [-0.15, -0.1) is 5.10 Å². The van der Waals surface area contributed by atoms with Crippen molar-refractivity contribution in [2.75, 3.05) is 31.7 Å². The Morgan fingerprint density at radius 2 is 2.33 bits per heavy atom. The number of nitrogens with one attached hydrogen (secondary N) is 1. The summed E-state index contributed by atoms with van der Waals surface area (Å²) in [7, 11) is 1.74. The normalized spacial score (nSPS) is 20.0. The molecule has 0 radical (unpaired) electrons. The van der Waals surface area contributed by atoms with Crippen LogP contribution in [0.1, 0.15) is 26.2 Å². The van der Waals surface area contributed by atoms with E-state index in [-0.39, 0.29) is 0 Å². The maximum Gasteiger partial charge on any atom is 0.318 e. The molecular formula is C12H22N4O2. The van der Waals surface area contributed by atoms with Gasteiger partial charge in [-0.1, -0.05) is 18.9 Å². The summed E-state index contributed by atoms with van der Waals surface area (Å²) < 4.78 is 10.8. The van der Waals surface area contributed by atoms with Gasteiger partial charge in [0.25, 0.3) is 0 Å². The molecule has 1 atom stereocenters. The summed E-state index contributed by atoms with van der Waals surface area (Å²) in [5.74, 6) is 1.22. The molecule has 6 heteroatoms. The first kappa shape index (κ1) is 13.3. The van der Waals surface area contributed by atoms with Crippen LogP contribution in [0, 0.1) is 5.92 Å². The van der Waals surface area contributed by atoms with Crippen LogP contribution >= 0.6 is 0 Å². The molecule has 18 heavy (non-hydrogen) atoms. The van der Waals surface area contributed by atoms with Crippen LogP contribution < -0.4 is 10.2 Å². The van der Waals surface area contributed by atoms with Crippen LogP contribution in [0.2, 0.25) is 0 Å². The van der Waals surface area contributed by atoms with E-state index in [4.69, 9.17) is 9.15 Å². The van der Waals surface area contributed by atoms with Crippen molar-refractivity contribution in [1.82, 2.24) is 15.5 Å². The van der Waals surface area contributed by atoms with Gasteiger partial charge in [0, 0.05) is 32.2 Å². The van der Waals surface area contributed by atoms with Crippen LogP contribution in [-0.2, 0) is 11.3 Å². The van der Waals surface area contributed by atoms with Crippen LogP contribution in [0.15, 0.2) is 4.42 Å². The van der Waals surface area contributed by atoms with Crippen LogP contribution in [0.3, 0.4) is 0 Å². The Labute approximate surface area is 108 Å². The molecular weight excluding hydrogens is 232 g/mol. The second kappa shape index (κ2) is 6.15. The molecule has 0 aliphatic carbocycles. The van der Waals surface area contributed by atoms with Gasteiger partial charge in [0.2, 0.25) is 5.89 Å². The predicted octanol–water partition coefficient (Wildman–Crippen LogP) is 1.04. The molecule has 1 fully saturated rings. The molecule has 0 amide bonds. The van der Waals surface area contributed by atoms with Crippen molar-refractivity contribution < 1.29 is 9.15 Å². The highest BCUT2D eigenvalue weighted by Crippen LogP contribution is 2.22. The third-order valence-corrected chi connectivity index (χ3v) is 3.08. The minimum absolute atomic E-state index is 0.415. The standard InChI is InChI=1S/C12H22N4O2/c1-9(2)13-6-11-14-15-12(18-11)16-5-4-10(7-16)8-17-3/h9-10,13H,4-8H2,1-3H3. The van der Waals surface area contributed by atoms with Crippen molar-refractivity contribution in [2.24, 2.45) is 5.92 Å². The van der Waals surface area contributed by atoms with E-state index in [0.29, 0.717) is 30.4 Å². The molecule has 1 saturated heterocycles. The first-order valence-electron chi connectivity index (χ1n) is 6.48. The van der Waals surface area contributed by atoms with Gasteiger partial charge < -0.3 is 19.4 Å². The topological polar surface area (TPSA) is 63.4 Å². The Hall–Kier alpha value is -1.14. The third-order valence-electron chi connectivity index (χ3n) is 3.08. The van der Waals surface area contributed by atoms with Crippen molar-refractivity contribution in [1.29, 1.82) is 0 Å². The van der Waals surface area contributed by atoms with E-state index in [1.807, 2.05) is 0 Å². The predicted molar refractivity (Wildman–Crippen MR) is 68.5 cm³/mol. The molecule has 0 saturated carbocycles. The second-order valence-electron chi connectivity index (χ2n) is 5.07. The number of ether oxygens (including phenoxy) is 1. The quantitative estimate of drug-likeness (QED) is 0.818. The average molecular weight is 254 g/mol. The highest BCUT2D eigenvalue weighted by molar-refractivity contribution is 5.26. The molecule has 0 bridgehead atoms. The number of aromatic nitrogens is 2. The molecule has 2 rings (SSSR count). The Morgan fingerprint density at radius 3 is 3.06 bits per heavy atom. The number of methoxy groups -OCH3 is 1. The van der Waals surface area contributed by atoms with Crippen molar-refractivity contribution in [3.63, 3.8) is 0 Å². The van der Waals surface area contributed by atoms with Gasteiger partial charge in [0.1, 0.15) is 0 Å². The Bertz CT molecular complexity index is 367. The monoisotopic (exact) mass is 254 g/mol. The summed E-state index contributed by atoms with van der Waals surface area (Å²) >= 11 is 0. The lowest BCUT2D eigenvalue weighted by molar-refractivity contribution is 0.160. The molecule has 1 N–H and O–H groups in total. The molecule has 1 aliphatic rings. The first-order chi connectivity index (χ1) is 8.69. The van der Waals surface area contributed by atoms with E-state index >= 15 is 0 Å². The molecule has 1 aromatic heterocycles. The zero-order chi connectivity index (χ0) is 13.0. The maximum absolute atomic E-state index is 5.64. The van der Waals surface area contributed by atoms with Gasteiger partial charge in [-0.25, -0.2) is 0 Å². The summed E-state index contributed by atoms with van der Waals surface area (Å²) in [6.07, 6.45) is 1.12. The molecule has 102 valence electrons. The number of nitrogens with zero attached hydrogens (tertiary/aromatic N) is 3. The Kier molecular flexibility index (Phi) is 4.54. The number of hydrogen-bond donors (Lipinski definition) is 1. The zero-order valence-electron chi connectivity index (χ0n) is 11.3. The fraction of sp³-hybridized carbons (Fsp3) is 0.833. The van der Waals surface area contributed by atoms with Gasteiger partial charge in [-0.2, -0.15) is 0 Å². The lowest BCUT2D eigenvalue weighted by atomic mass is 10.1. The smallest absolute Gasteiger partial charge is 0.318 e. The fourth-order valence-electron chi connectivity index (χ4n) is 2.11. The number of anilines is 1. The van der Waals surface area contributed by atoms with Gasteiger partial charge in [-0.05, 0) is 6.42 Å². The lowest BCUT2D eigenvalue weighted by Gasteiger charge is -2.12. The summed E-state index contributed by atoms with van der Waals surface area (Å²) in [6.45, 7) is 7.51. The number of hydrogen-bond acceptors (Lipinski definition) is 6. The fourth-order valence-corrected chi connectivity index (χ4v) is 2.11. The SMILES string of the molecule is COCC1CCN(c2nnc(CNC(C)C)o2)C1. The van der Waals surface area contributed by atoms with Gasteiger partial charge in [-0.3, -0.25) is 0 Å². The van der Waals surface area contributed by atoms with Crippen molar-refractivity contribution in [2.45, 2.75) is 32.9 Å². The summed E-state index contributed by atoms with van der Waals surface area (Å²) in [5.41, 5.74) is 0. The molecule has 0 aromatic carbocycles. The maximum atomic E-state index is 5.64. The van der Waals surface area contributed by atoms with E-state index in [1.54, 1.807) is 7.11 Å². The number of rotatable bonds is 6. The van der Waals surface area contributed by atoms with Gasteiger partial charge in [0.05, 0.1) is 13.2 Å². The highest BCUT2D eigenvalue weighted by atomic mass is 16.5. The molecule has 1 aromatic rings. The summed E-state index contributed by atoms with van der Waals surface area (Å²) in [5, 5.41) is 11.4. The van der Waals surface area contributed by atoms with Gasteiger partial charge in [0.15, 0.2) is 0 Å².